The molecule has 1 amide bonds. The molecule has 0 spiro atoms. The van der Waals surface area contributed by atoms with Crippen LogP contribution in [0.2, 0.25) is 0 Å². The van der Waals surface area contributed by atoms with Crippen molar-refractivity contribution in [1.82, 2.24) is 24.6 Å². The summed E-state index contributed by atoms with van der Waals surface area (Å²) in [7, 11) is 0. The third kappa shape index (κ3) is 3.50. The van der Waals surface area contributed by atoms with Crippen LogP contribution in [-0.4, -0.2) is 43.6 Å². The molecule has 3 heterocycles. The lowest BCUT2D eigenvalue weighted by Gasteiger charge is -2.31. The zero-order chi connectivity index (χ0) is 17.1. The Hall–Kier alpha value is -2.58. The van der Waals surface area contributed by atoms with Crippen LogP contribution in [0.4, 0.5) is 8.78 Å². The van der Waals surface area contributed by atoms with Crippen molar-refractivity contribution in [1.29, 1.82) is 0 Å². The first-order chi connectivity index (χ1) is 11.5. The van der Waals surface area contributed by atoms with Crippen LogP contribution in [0, 0.1) is 5.92 Å². The maximum Gasteiger partial charge on any atom is 0.280 e. The van der Waals surface area contributed by atoms with Crippen LogP contribution >= 0.6 is 0 Å². The fourth-order valence-corrected chi connectivity index (χ4v) is 2.84. The summed E-state index contributed by atoms with van der Waals surface area (Å²) < 4.78 is 26.4. The van der Waals surface area contributed by atoms with E-state index in [4.69, 9.17) is 0 Å². The Morgan fingerprint density at radius 2 is 2.12 bits per heavy atom. The van der Waals surface area contributed by atoms with Gasteiger partial charge < -0.3 is 4.90 Å². The maximum absolute atomic E-state index is 12.5. The molecule has 7 nitrogen and oxygen atoms in total. The highest BCUT2D eigenvalue weighted by Gasteiger charge is 2.24. The van der Waals surface area contributed by atoms with Gasteiger partial charge in [-0.1, -0.05) is 0 Å². The van der Waals surface area contributed by atoms with E-state index >= 15 is 0 Å². The first-order valence-electron chi connectivity index (χ1n) is 7.68. The fraction of sp³-hybridized carbons (Fsp3) is 0.467. The predicted octanol–water partition coefficient (Wildman–Crippen LogP) is 1.46. The predicted molar refractivity (Wildman–Crippen MR) is 80.7 cm³/mol. The van der Waals surface area contributed by atoms with Gasteiger partial charge >= 0.3 is 0 Å². The fourth-order valence-electron chi connectivity index (χ4n) is 2.84. The van der Waals surface area contributed by atoms with Gasteiger partial charge in [-0.3, -0.25) is 19.3 Å². The number of aromatic nitrogens is 4. The maximum atomic E-state index is 12.5. The second kappa shape index (κ2) is 6.90. The first-order valence-corrected chi connectivity index (χ1v) is 7.68. The summed E-state index contributed by atoms with van der Waals surface area (Å²) in [4.78, 5) is 29.4. The van der Waals surface area contributed by atoms with Crippen LogP contribution in [0.1, 0.15) is 35.4 Å². The lowest BCUT2D eigenvalue weighted by atomic mass is 9.96. The van der Waals surface area contributed by atoms with Gasteiger partial charge in [0.2, 0.25) is 0 Å². The smallest absolute Gasteiger partial charge is 0.280 e. The number of amides is 1. The molecule has 128 valence electrons. The monoisotopic (exact) mass is 337 g/mol. The number of hydrogen-bond donors (Lipinski definition) is 1. The van der Waals surface area contributed by atoms with E-state index in [9.17, 15) is 18.4 Å². The van der Waals surface area contributed by atoms with Crippen molar-refractivity contribution in [2.24, 2.45) is 5.92 Å². The number of carbonyl (C=O) groups is 1. The SMILES string of the molecule is O=C(c1ccn[nH]1)N1CCC(Cn2cnc(C(F)F)cc2=O)CC1. The highest BCUT2D eigenvalue weighted by Crippen LogP contribution is 2.20. The zero-order valence-electron chi connectivity index (χ0n) is 12.9. The lowest BCUT2D eigenvalue weighted by Crippen LogP contribution is -2.40. The van der Waals surface area contributed by atoms with Crippen molar-refractivity contribution in [2.75, 3.05) is 13.1 Å². The number of alkyl halides is 2. The molecule has 0 aliphatic carbocycles. The molecule has 0 saturated carbocycles. The number of rotatable bonds is 4. The number of halogens is 2. The molecule has 0 unspecified atom stereocenters. The van der Waals surface area contributed by atoms with E-state index in [0.717, 1.165) is 18.9 Å². The molecular weight excluding hydrogens is 320 g/mol. The van der Waals surface area contributed by atoms with Crippen LogP contribution in [0.25, 0.3) is 0 Å². The number of carbonyl (C=O) groups excluding carboxylic acids is 1. The number of nitrogens with zero attached hydrogens (tertiary/aromatic N) is 4. The molecular formula is C15H17F2N5O2. The van der Waals surface area contributed by atoms with Gasteiger partial charge in [0.05, 0.1) is 6.33 Å². The van der Waals surface area contributed by atoms with Crippen molar-refractivity contribution >= 4 is 5.91 Å². The van der Waals surface area contributed by atoms with Gasteiger partial charge in [0, 0.05) is 31.9 Å². The van der Waals surface area contributed by atoms with Crippen molar-refractivity contribution in [3.05, 3.63) is 46.4 Å². The molecule has 3 rings (SSSR count). The van der Waals surface area contributed by atoms with E-state index in [-0.39, 0.29) is 11.8 Å². The molecule has 1 fully saturated rings. The third-order valence-corrected chi connectivity index (χ3v) is 4.21. The van der Waals surface area contributed by atoms with Crippen molar-refractivity contribution < 1.29 is 13.6 Å². The molecule has 1 aliphatic heterocycles. The Labute approximate surface area is 136 Å². The quantitative estimate of drug-likeness (QED) is 0.915. The molecule has 24 heavy (non-hydrogen) atoms. The van der Waals surface area contributed by atoms with Crippen LogP contribution in [0.5, 0.6) is 0 Å². The lowest BCUT2D eigenvalue weighted by molar-refractivity contribution is 0.0676. The molecule has 9 heteroatoms. The number of nitrogens with one attached hydrogen (secondary N) is 1. The van der Waals surface area contributed by atoms with Crippen molar-refractivity contribution in [3.63, 3.8) is 0 Å². The molecule has 1 aliphatic rings. The van der Waals surface area contributed by atoms with Crippen molar-refractivity contribution in [2.45, 2.75) is 25.8 Å². The Balaban J connectivity index is 1.58. The van der Waals surface area contributed by atoms with Gasteiger partial charge in [-0.05, 0) is 24.8 Å². The number of aromatic amines is 1. The van der Waals surface area contributed by atoms with Crippen LogP contribution in [-0.2, 0) is 6.54 Å². The number of piperidine rings is 1. The van der Waals surface area contributed by atoms with E-state index in [1.54, 1.807) is 11.0 Å². The van der Waals surface area contributed by atoms with E-state index in [1.807, 2.05) is 0 Å². The standard InChI is InChI=1S/C15H17F2N5O2/c16-14(17)12-7-13(23)22(9-18-12)8-10-2-5-21(6-3-10)15(24)11-1-4-19-20-11/h1,4,7,9-10,14H,2-3,5-6,8H2,(H,19,20). The molecule has 1 saturated heterocycles. The third-order valence-electron chi connectivity index (χ3n) is 4.21. The van der Waals surface area contributed by atoms with Gasteiger partial charge in [-0.2, -0.15) is 5.10 Å². The summed E-state index contributed by atoms with van der Waals surface area (Å²) in [6.45, 7) is 1.58. The van der Waals surface area contributed by atoms with Gasteiger partial charge in [-0.15, -0.1) is 0 Å². The van der Waals surface area contributed by atoms with Gasteiger partial charge in [0.1, 0.15) is 11.4 Å². The van der Waals surface area contributed by atoms with Gasteiger partial charge in [0.25, 0.3) is 17.9 Å². The second-order valence-corrected chi connectivity index (χ2v) is 5.81. The Kier molecular flexibility index (Phi) is 4.68. The van der Waals surface area contributed by atoms with Gasteiger partial charge in [0.15, 0.2) is 0 Å². The zero-order valence-corrected chi connectivity index (χ0v) is 12.9. The average molecular weight is 337 g/mol. The topological polar surface area (TPSA) is 83.9 Å². The van der Waals surface area contributed by atoms with E-state index in [1.165, 1.54) is 17.1 Å². The van der Waals surface area contributed by atoms with Crippen LogP contribution in [0.15, 0.2) is 29.5 Å². The number of hydrogen-bond acceptors (Lipinski definition) is 4. The summed E-state index contributed by atoms with van der Waals surface area (Å²) in [5, 5.41) is 6.42. The number of H-pyrrole nitrogens is 1. The van der Waals surface area contributed by atoms with Crippen LogP contribution < -0.4 is 5.56 Å². The molecule has 0 atom stereocenters. The Bertz CT molecular complexity index is 751. The normalized spacial score (nSPS) is 15.9. The minimum Gasteiger partial charge on any atom is -0.337 e. The molecule has 1 N–H and O–H groups in total. The Morgan fingerprint density at radius 3 is 2.71 bits per heavy atom. The van der Waals surface area contributed by atoms with E-state index in [0.29, 0.717) is 25.3 Å². The summed E-state index contributed by atoms with van der Waals surface area (Å²) >= 11 is 0. The molecule has 0 radical (unpaired) electrons. The second-order valence-electron chi connectivity index (χ2n) is 5.81. The highest BCUT2D eigenvalue weighted by atomic mass is 19.3. The minimum atomic E-state index is -2.75. The summed E-state index contributed by atoms with van der Waals surface area (Å²) in [5.74, 6) is 0.110. The average Bonchev–Trinajstić information content (AvgIpc) is 3.11. The van der Waals surface area contributed by atoms with E-state index < -0.39 is 17.7 Å². The molecule has 0 aromatic carbocycles. The Morgan fingerprint density at radius 1 is 1.38 bits per heavy atom. The first kappa shape index (κ1) is 16.3. The van der Waals surface area contributed by atoms with Crippen LogP contribution in [0.3, 0.4) is 0 Å². The molecule has 0 bridgehead atoms. The number of likely N-dealkylation sites (tertiary alicyclic amines) is 1. The minimum absolute atomic E-state index is 0.0916. The van der Waals surface area contributed by atoms with E-state index in [2.05, 4.69) is 15.2 Å². The summed E-state index contributed by atoms with van der Waals surface area (Å²) in [5.41, 5.74) is -0.524. The summed E-state index contributed by atoms with van der Waals surface area (Å²) in [6, 6.07) is 2.51. The molecule has 2 aromatic heterocycles. The van der Waals surface area contributed by atoms with Gasteiger partial charge in [-0.25, -0.2) is 13.8 Å². The highest BCUT2D eigenvalue weighted by molar-refractivity contribution is 5.92. The summed E-state index contributed by atoms with van der Waals surface area (Å²) in [6.07, 6.45) is 1.43. The largest absolute Gasteiger partial charge is 0.337 e. The molecule has 2 aromatic rings. The van der Waals surface area contributed by atoms with Crippen molar-refractivity contribution in [3.8, 4) is 0 Å².